The maximum atomic E-state index is 14.2. The van der Waals surface area contributed by atoms with Gasteiger partial charge in [-0.25, -0.2) is 29.0 Å². The second-order valence-corrected chi connectivity index (χ2v) is 20.5. The molecule has 73 heavy (non-hydrogen) atoms. The Bertz CT molecular complexity index is 3770. The number of benzene rings is 3. The highest BCUT2D eigenvalue weighted by Gasteiger charge is 2.38. The van der Waals surface area contributed by atoms with Gasteiger partial charge in [0, 0.05) is 42.9 Å². The van der Waals surface area contributed by atoms with E-state index in [1.54, 1.807) is 70.9 Å². The summed E-state index contributed by atoms with van der Waals surface area (Å²) in [4.78, 5) is 20.7. The molecule has 1 aliphatic rings. The third-order valence-corrected chi connectivity index (χ3v) is 15.8. The molecule has 1 saturated heterocycles. The highest BCUT2D eigenvalue weighted by atomic mass is 35.5. The zero-order chi connectivity index (χ0) is 50.0. The first-order valence-electron chi connectivity index (χ1n) is 22.0. The highest BCUT2D eigenvalue weighted by molar-refractivity contribution is 7.19. The summed E-state index contributed by atoms with van der Waals surface area (Å²) in [5.74, 6) is 2.64. The summed E-state index contributed by atoms with van der Waals surface area (Å²) in [6.45, 7) is 1.59. The number of ether oxygens (including phenoxy) is 7. The summed E-state index contributed by atoms with van der Waals surface area (Å²) in [7, 11) is 4.61. The predicted octanol–water partition coefficient (Wildman–Crippen LogP) is 11.6. The van der Waals surface area contributed by atoms with Crippen molar-refractivity contribution < 1.29 is 55.2 Å². The number of alkyl halides is 3. The van der Waals surface area contributed by atoms with Crippen LogP contribution in [-0.2, 0) is 30.7 Å². The van der Waals surface area contributed by atoms with Gasteiger partial charge in [-0.1, -0.05) is 41.1 Å². The van der Waals surface area contributed by atoms with Gasteiger partial charge < -0.3 is 46.9 Å². The Balaban J connectivity index is 0.712. The number of morpholine rings is 1. The van der Waals surface area contributed by atoms with Crippen LogP contribution in [0.25, 0.3) is 65.3 Å². The molecule has 12 rings (SSSR count). The molecule has 374 valence electrons. The molecule has 0 amide bonds. The van der Waals surface area contributed by atoms with E-state index < -0.39 is 17.7 Å². The van der Waals surface area contributed by atoms with Crippen molar-refractivity contribution in [1.82, 2.24) is 39.2 Å². The van der Waals surface area contributed by atoms with E-state index in [0.29, 0.717) is 130 Å². The molecule has 11 aromatic rings. The van der Waals surface area contributed by atoms with Gasteiger partial charge in [0.2, 0.25) is 9.92 Å². The van der Waals surface area contributed by atoms with Gasteiger partial charge in [0.25, 0.3) is 10.4 Å². The largest absolute Gasteiger partial charge is 0.496 e. The minimum atomic E-state index is -4.61. The van der Waals surface area contributed by atoms with E-state index in [0.717, 1.165) is 16.5 Å². The van der Waals surface area contributed by atoms with Crippen LogP contribution in [0.15, 0.2) is 81.9 Å². The molecule has 18 nitrogen and oxygen atoms in total. The minimum absolute atomic E-state index is 0.0822. The van der Waals surface area contributed by atoms with Crippen LogP contribution < -0.4 is 33.3 Å². The average molecular weight is 1090 g/mol. The number of anilines is 1. The van der Waals surface area contributed by atoms with Crippen LogP contribution in [0.4, 0.5) is 18.3 Å². The van der Waals surface area contributed by atoms with Gasteiger partial charge in [-0.15, -0.1) is 21.5 Å². The lowest BCUT2D eigenvalue weighted by atomic mass is 10.1. The van der Waals surface area contributed by atoms with E-state index in [1.807, 2.05) is 30.3 Å². The van der Waals surface area contributed by atoms with Crippen molar-refractivity contribution in [1.29, 1.82) is 0 Å². The first-order chi connectivity index (χ1) is 35.4. The number of methoxy groups -OCH3 is 3. The van der Waals surface area contributed by atoms with Crippen molar-refractivity contribution in [3.63, 3.8) is 0 Å². The maximum Gasteiger partial charge on any atom is 0.427 e. The van der Waals surface area contributed by atoms with Crippen molar-refractivity contribution in [3.8, 4) is 66.9 Å². The second kappa shape index (κ2) is 19.0. The van der Waals surface area contributed by atoms with Crippen LogP contribution in [0, 0.1) is 0 Å². The minimum Gasteiger partial charge on any atom is -0.496 e. The number of thiazole rings is 2. The summed E-state index contributed by atoms with van der Waals surface area (Å²) in [6, 6.07) is 18.2. The number of nitrogens with zero attached hydrogens (tertiary/aromatic N) is 9. The standard InChI is InChI=1S/C47H35ClF3N9O9S4/c1-61-25-12-33(65-21-31-39(47(49,50)51)70-42(55-31)58-7-9-64-10-8-58)27-16-38(68-35(27)14-25)30-19-60-44(54-30)73-46(57-60)67-20-23-5-4-6-24(11-23)41-52-32(40(48)71-41)22-66-34-13-26(62-2)15-36-28(34)17-37(69-36)29-18-59-43(53-29)72-45(56-59)63-3/h4-6,11-19H,7-10,20-22H2,1-3H3. The van der Waals surface area contributed by atoms with Gasteiger partial charge in [-0.05, 0) is 46.4 Å². The number of halogens is 4. The highest BCUT2D eigenvalue weighted by Crippen LogP contribution is 2.43. The molecule has 8 aromatic heterocycles. The molecule has 0 unspecified atom stereocenters. The Morgan fingerprint density at radius 1 is 0.658 bits per heavy atom. The van der Waals surface area contributed by atoms with Crippen molar-refractivity contribution in [2.24, 2.45) is 0 Å². The van der Waals surface area contributed by atoms with Gasteiger partial charge in [0.1, 0.15) is 91.0 Å². The van der Waals surface area contributed by atoms with Crippen molar-refractivity contribution in [3.05, 3.63) is 99.2 Å². The van der Waals surface area contributed by atoms with Gasteiger partial charge in [-0.2, -0.15) is 13.2 Å². The van der Waals surface area contributed by atoms with Crippen LogP contribution in [0.5, 0.6) is 33.4 Å². The Morgan fingerprint density at radius 2 is 1.27 bits per heavy atom. The number of imidazole rings is 2. The van der Waals surface area contributed by atoms with E-state index in [-0.39, 0.29) is 29.8 Å². The number of furan rings is 2. The zero-order valence-corrected chi connectivity index (χ0v) is 42.2. The van der Waals surface area contributed by atoms with Crippen LogP contribution in [-0.4, -0.2) is 86.8 Å². The first kappa shape index (κ1) is 46.9. The topological polar surface area (TPSA) is 180 Å². The predicted molar refractivity (Wildman–Crippen MR) is 268 cm³/mol. The number of rotatable bonds is 16. The average Bonchev–Trinajstić information content (AvgIpc) is 4.26. The third-order valence-electron chi connectivity index (χ3n) is 11.5. The lowest BCUT2D eigenvalue weighted by Crippen LogP contribution is -2.36. The summed E-state index contributed by atoms with van der Waals surface area (Å²) < 4.78 is 98.7. The number of hydrogen-bond acceptors (Lipinski definition) is 20. The monoisotopic (exact) mass is 1090 g/mol. The van der Waals surface area contributed by atoms with Gasteiger partial charge in [0.15, 0.2) is 16.7 Å². The summed E-state index contributed by atoms with van der Waals surface area (Å²) in [5.41, 5.74) is 4.08. The molecule has 0 saturated carbocycles. The van der Waals surface area contributed by atoms with Gasteiger partial charge in [0.05, 0.1) is 57.7 Å². The fraction of sp³-hybridized carbons (Fsp3) is 0.234. The maximum absolute atomic E-state index is 14.2. The first-order valence-corrected chi connectivity index (χ1v) is 25.6. The lowest BCUT2D eigenvalue weighted by molar-refractivity contribution is -0.135. The zero-order valence-electron chi connectivity index (χ0n) is 38.2. The lowest BCUT2D eigenvalue weighted by Gasteiger charge is -2.26. The molecule has 0 atom stereocenters. The fourth-order valence-electron chi connectivity index (χ4n) is 7.96. The number of fused-ring (bicyclic) bond motifs is 4. The van der Waals surface area contributed by atoms with Crippen molar-refractivity contribution in [2.45, 2.75) is 26.0 Å². The molecule has 0 radical (unpaired) electrons. The van der Waals surface area contributed by atoms with E-state index in [9.17, 15) is 13.2 Å². The summed E-state index contributed by atoms with van der Waals surface area (Å²) in [6.07, 6.45) is -1.14. The number of aromatic nitrogens is 8. The molecular weight excluding hydrogens is 1060 g/mol. The van der Waals surface area contributed by atoms with E-state index in [1.165, 1.54) is 41.1 Å². The van der Waals surface area contributed by atoms with Crippen molar-refractivity contribution >= 4 is 93.9 Å². The molecule has 1 aliphatic heterocycles. The van der Waals surface area contributed by atoms with Crippen LogP contribution in [0.3, 0.4) is 0 Å². The Labute approximate surface area is 430 Å². The number of hydrogen-bond donors (Lipinski definition) is 0. The SMILES string of the molecule is COc1cc(OCc2nc(-c3cccc(COc4nn5cc(-c6cc7c(OCc8nc(N9CCOCC9)sc8C(F)(F)F)cc(OC)cc7o6)nc5s4)c3)sc2Cl)c2cc(-c3cn4nc(OC)sc4n3)oc2c1. The Morgan fingerprint density at radius 3 is 1.88 bits per heavy atom. The third kappa shape index (κ3) is 9.31. The molecule has 0 spiro atoms. The van der Waals surface area contributed by atoms with E-state index in [2.05, 4.69) is 20.2 Å². The van der Waals surface area contributed by atoms with Crippen molar-refractivity contribution in [2.75, 3.05) is 52.5 Å². The summed E-state index contributed by atoms with van der Waals surface area (Å²) >= 11 is 11.3. The Hall–Kier alpha value is -7.16. The molecule has 26 heteroatoms. The molecule has 3 aromatic carbocycles. The quantitative estimate of drug-likeness (QED) is 0.0890. The van der Waals surface area contributed by atoms with Gasteiger partial charge in [-0.3, -0.25) is 0 Å². The molecule has 0 N–H and O–H groups in total. The van der Waals surface area contributed by atoms with Gasteiger partial charge >= 0.3 is 6.18 Å². The van der Waals surface area contributed by atoms with Crippen LogP contribution >= 0.6 is 56.9 Å². The summed E-state index contributed by atoms with van der Waals surface area (Å²) in [5, 5.41) is 12.0. The molecular formula is C47H35ClF3N9O9S4. The van der Waals surface area contributed by atoms with E-state index >= 15 is 0 Å². The smallest absolute Gasteiger partial charge is 0.427 e. The molecule has 0 bridgehead atoms. The Kier molecular flexibility index (Phi) is 12.2. The normalized spacial score (nSPS) is 13.3. The van der Waals surface area contributed by atoms with Crippen LogP contribution in [0.1, 0.15) is 21.8 Å². The molecule has 9 heterocycles. The molecule has 1 fully saturated rings. The van der Waals surface area contributed by atoms with E-state index in [4.69, 9.17) is 63.6 Å². The second-order valence-electron chi connectivity index (χ2n) is 16.1. The fourth-order valence-corrected chi connectivity index (χ4v) is 11.5. The molecule has 0 aliphatic carbocycles. The van der Waals surface area contributed by atoms with Crippen LogP contribution in [0.2, 0.25) is 4.34 Å².